The van der Waals surface area contributed by atoms with Crippen LogP contribution >= 0.6 is 0 Å². The Kier molecular flexibility index (Phi) is 2.76. The largest absolute Gasteiger partial charge is 0.317 e. The second-order valence-corrected chi connectivity index (χ2v) is 3.55. The van der Waals surface area contributed by atoms with Gasteiger partial charge >= 0.3 is 0 Å². The standard InChI is InChI=1S/C11H14N4/c1-3-4-10-6-5-9(7-12-10)11-14-13-8-15(11)2/h5-8H,3-4H2,1-2H3. The first-order valence-corrected chi connectivity index (χ1v) is 5.10. The average Bonchev–Trinajstić information content (AvgIpc) is 2.66. The highest BCUT2D eigenvalue weighted by Crippen LogP contribution is 2.14. The van der Waals surface area contributed by atoms with Crippen molar-refractivity contribution in [3.05, 3.63) is 30.4 Å². The summed E-state index contributed by atoms with van der Waals surface area (Å²) in [6.07, 6.45) is 5.69. The number of aryl methyl sites for hydroxylation is 2. The number of rotatable bonds is 3. The molecule has 0 aliphatic heterocycles. The highest BCUT2D eigenvalue weighted by atomic mass is 15.2. The zero-order valence-corrected chi connectivity index (χ0v) is 9.01. The van der Waals surface area contributed by atoms with Gasteiger partial charge in [0.1, 0.15) is 6.33 Å². The Morgan fingerprint density at radius 2 is 2.20 bits per heavy atom. The van der Waals surface area contributed by atoms with Gasteiger partial charge in [-0.1, -0.05) is 13.3 Å². The zero-order valence-electron chi connectivity index (χ0n) is 9.01. The summed E-state index contributed by atoms with van der Waals surface area (Å²) in [4.78, 5) is 4.38. The first-order valence-electron chi connectivity index (χ1n) is 5.10. The number of hydrogen-bond donors (Lipinski definition) is 0. The fraction of sp³-hybridized carbons (Fsp3) is 0.364. The molecule has 0 aromatic carbocycles. The lowest BCUT2D eigenvalue weighted by Crippen LogP contribution is -1.94. The van der Waals surface area contributed by atoms with Crippen LogP contribution in [0.2, 0.25) is 0 Å². The highest BCUT2D eigenvalue weighted by molar-refractivity contribution is 5.53. The predicted octanol–water partition coefficient (Wildman–Crippen LogP) is 1.83. The van der Waals surface area contributed by atoms with Crippen molar-refractivity contribution in [2.75, 3.05) is 0 Å². The topological polar surface area (TPSA) is 43.6 Å². The lowest BCUT2D eigenvalue weighted by Gasteiger charge is -2.01. The highest BCUT2D eigenvalue weighted by Gasteiger charge is 2.04. The van der Waals surface area contributed by atoms with E-state index in [1.165, 1.54) is 0 Å². The van der Waals surface area contributed by atoms with E-state index in [1.54, 1.807) is 6.33 Å². The molecule has 0 atom stereocenters. The van der Waals surface area contributed by atoms with Gasteiger partial charge in [0.25, 0.3) is 0 Å². The molecular formula is C11H14N4. The van der Waals surface area contributed by atoms with E-state index in [0.717, 1.165) is 29.9 Å². The third kappa shape index (κ3) is 2.03. The zero-order chi connectivity index (χ0) is 10.7. The number of hydrogen-bond acceptors (Lipinski definition) is 3. The van der Waals surface area contributed by atoms with Gasteiger partial charge < -0.3 is 4.57 Å². The molecule has 0 radical (unpaired) electrons. The van der Waals surface area contributed by atoms with Gasteiger partial charge in [-0.25, -0.2) is 0 Å². The van der Waals surface area contributed by atoms with Crippen LogP contribution in [0.5, 0.6) is 0 Å². The molecule has 0 unspecified atom stereocenters. The second kappa shape index (κ2) is 4.21. The van der Waals surface area contributed by atoms with Crippen LogP contribution in [0.4, 0.5) is 0 Å². The van der Waals surface area contributed by atoms with Gasteiger partial charge in [-0.2, -0.15) is 0 Å². The molecule has 78 valence electrons. The predicted molar refractivity (Wildman–Crippen MR) is 58.2 cm³/mol. The molecule has 2 aromatic heterocycles. The fourth-order valence-electron chi connectivity index (χ4n) is 1.51. The van der Waals surface area contributed by atoms with Crippen molar-refractivity contribution in [2.24, 2.45) is 7.05 Å². The first-order chi connectivity index (χ1) is 7.31. The van der Waals surface area contributed by atoms with E-state index < -0.39 is 0 Å². The maximum atomic E-state index is 4.38. The summed E-state index contributed by atoms with van der Waals surface area (Å²) < 4.78 is 1.89. The van der Waals surface area contributed by atoms with Crippen molar-refractivity contribution < 1.29 is 0 Å². The monoisotopic (exact) mass is 202 g/mol. The summed E-state index contributed by atoms with van der Waals surface area (Å²) in [7, 11) is 1.93. The van der Waals surface area contributed by atoms with E-state index in [2.05, 4.69) is 22.1 Å². The molecule has 2 heterocycles. The van der Waals surface area contributed by atoms with Crippen molar-refractivity contribution in [2.45, 2.75) is 19.8 Å². The van der Waals surface area contributed by atoms with Gasteiger partial charge in [0.15, 0.2) is 5.82 Å². The van der Waals surface area contributed by atoms with E-state index in [0.29, 0.717) is 0 Å². The molecule has 0 fully saturated rings. The van der Waals surface area contributed by atoms with Crippen LogP contribution in [0.1, 0.15) is 19.0 Å². The minimum atomic E-state index is 0.852. The molecule has 0 bridgehead atoms. The van der Waals surface area contributed by atoms with Crippen molar-refractivity contribution in [1.29, 1.82) is 0 Å². The van der Waals surface area contributed by atoms with Crippen LogP contribution in [0.3, 0.4) is 0 Å². The summed E-state index contributed by atoms with van der Waals surface area (Å²) in [5, 5.41) is 7.88. The van der Waals surface area contributed by atoms with E-state index >= 15 is 0 Å². The van der Waals surface area contributed by atoms with Crippen LogP contribution in [0.15, 0.2) is 24.7 Å². The van der Waals surface area contributed by atoms with Crippen molar-refractivity contribution >= 4 is 0 Å². The maximum Gasteiger partial charge on any atom is 0.165 e. The van der Waals surface area contributed by atoms with E-state index in [-0.39, 0.29) is 0 Å². The van der Waals surface area contributed by atoms with E-state index in [4.69, 9.17) is 0 Å². The van der Waals surface area contributed by atoms with Crippen LogP contribution < -0.4 is 0 Å². The maximum absolute atomic E-state index is 4.38. The second-order valence-electron chi connectivity index (χ2n) is 3.55. The van der Waals surface area contributed by atoms with Gasteiger partial charge in [-0.3, -0.25) is 4.98 Å². The molecule has 0 spiro atoms. The van der Waals surface area contributed by atoms with Crippen LogP contribution in [0.25, 0.3) is 11.4 Å². The quantitative estimate of drug-likeness (QED) is 0.762. The molecule has 0 amide bonds. The number of nitrogens with zero attached hydrogens (tertiary/aromatic N) is 4. The van der Waals surface area contributed by atoms with Gasteiger partial charge in [0.05, 0.1) is 0 Å². The van der Waals surface area contributed by atoms with Crippen LogP contribution in [-0.4, -0.2) is 19.7 Å². The van der Waals surface area contributed by atoms with Gasteiger partial charge in [-0.15, -0.1) is 10.2 Å². The molecule has 0 saturated heterocycles. The molecule has 4 heteroatoms. The van der Waals surface area contributed by atoms with Crippen LogP contribution in [0, 0.1) is 0 Å². The summed E-state index contributed by atoms with van der Waals surface area (Å²) in [6.45, 7) is 2.15. The van der Waals surface area contributed by atoms with Gasteiger partial charge in [-0.05, 0) is 18.6 Å². The van der Waals surface area contributed by atoms with Crippen LogP contribution in [-0.2, 0) is 13.5 Å². The smallest absolute Gasteiger partial charge is 0.165 e. The molecule has 2 aromatic rings. The third-order valence-corrected chi connectivity index (χ3v) is 2.30. The third-order valence-electron chi connectivity index (χ3n) is 2.30. The Morgan fingerprint density at radius 1 is 1.33 bits per heavy atom. The molecule has 4 nitrogen and oxygen atoms in total. The lowest BCUT2D eigenvalue weighted by molar-refractivity contribution is 0.879. The number of pyridine rings is 1. The molecule has 0 N–H and O–H groups in total. The summed E-state index contributed by atoms with van der Waals surface area (Å²) in [6, 6.07) is 4.09. The van der Waals surface area contributed by atoms with Gasteiger partial charge in [0, 0.05) is 24.5 Å². The Hall–Kier alpha value is -1.71. The van der Waals surface area contributed by atoms with E-state index in [9.17, 15) is 0 Å². The molecule has 0 aliphatic carbocycles. The van der Waals surface area contributed by atoms with E-state index in [1.807, 2.05) is 29.9 Å². The molecular weight excluding hydrogens is 188 g/mol. The molecule has 0 saturated carbocycles. The van der Waals surface area contributed by atoms with Gasteiger partial charge in [0.2, 0.25) is 0 Å². The molecule has 2 rings (SSSR count). The molecule has 0 aliphatic rings. The Labute approximate surface area is 89.0 Å². The van der Waals surface area contributed by atoms with Crippen molar-refractivity contribution in [1.82, 2.24) is 19.7 Å². The number of aromatic nitrogens is 4. The first kappa shape index (κ1) is 9.83. The SMILES string of the molecule is CCCc1ccc(-c2nncn2C)cn1. The average molecular weight is 202 g/mol. The fourth-order valence-corrected chi connectivity index (χ4v) is 1.51. The normalized spacial score (nSPS) is 10.5. The summed E-state index contributed by atoms with van der Waals surface area (Å²) in [5.41, 5.74) is 2.14. The lowest BCUT2D eigenvalue weighted by atomic mass is 10.2. The minimum absolute atomic E-state index is 0.852. The Balaban J connectivity index is 2.28. The summed E-state index contributed by atoms with van der Waals surface area (Å²) >= 11 is 0. The Bertz CT molecular complexity index is 430. The molecule has 15 heavy (non-hydrogen) atoms. The Morgan fingerprint density at radius 3 is 2.73 bits per heavy atom. The van der Waals surface area contributed by atoms with Crippen molar-refractivity contribution in [3.8, 4) is 11.4 Å². The van der Waals surface area contributed by atoms with Crippen molar-refractivity contribution in [3.63, 3.8) is 0 Å². The summed E-state index contributed by atoms with van der Waals surface area (Å²) in [5.74, 6) is 0.852. The minimum Gasteiger partial charge on any atom is -0.317 e.